The Kier molecular flexibility index (Phi) is 4.22. The van der Waals surface area contributed by atoms with Crippen molar-refractivity contribution >= 4 is 11.6 Å². The summed E-state index contributed by atoms with van der Waals surface area (Å²) < 4.78 is 0. The molecule has 1 aromatic rings. The first-order chi connectivity index (χ1) is 6.27. The van der Waals surface area contributed by atoms with Gasteiger partial charge >= 0.3 is 0 Å². The van der Waals surface area contributed by atoms with Gasteiger partial charge in [0.15, 0.2) is 0 Å². The number of hydrogen-bond acceptors (Lipinski definition) is 2. The number of alkyl halides is 1. The average Bonchev–Trinajstić information content (AvgIpc) is 2.18. The van der Waals surface area contributed by atoms with E-state index in [1.165, 1.54) is 0 Å². The molecule has 3 N–H and O–H groups in total. The molecule has 0 aliphatic carbocycles. The van der Waals surface area contributed by atoms with Crippen molar-refractivity contribution in [3.8, 4) is 0 Å². The fourth-order valence-corrected chi connectivity index (χ4v) is 1.35. The first-order valence-electron chi connectivity index (χ1n) is 4.31. The number of rotatable bonds is 4. The zero-order chi connectivity index (χ0) is 9.68. The molecule has 0 saturated carbocycles. The molecule has 1 atom stereocenters. The molecule has 0 aliphatic rings. The molecule has 72 valence electrons. The van der Waals surface area contributed by atoms with Gasteiger partial charge in [-0.1, -0.05) is 24.3 Å². The van der Waals surface area contributed by atoms with Crippen LogP contribution in [0.1, 0.15) is 23.7 Å². The predicted molar refractivity (Wildman–Crippen MR) is 54.6 cm³/mol. The van der Waals surface area contributed by atoms with Gasteiger partial charge in [-0.15, -0.1) is 11.6 Å². The zero-order valence-corrected chi connectivity index (χ0v) is 8.17. The van der Waals surface area contributed by atoms with Gasteiger partial charge < -0.3 is 10.8 Å². The third-order valence-electron chi connectivity index (χ3n) is 1.98. The van der Waals surface area contributed by atoms with Gasteiger partial charge in [-0.25, -0.2) is 0 Å². The van der Waals surface area contributed by atoms with E-state index in [0.29, 0.717) is 18.8 Å². The van der Waals surface area contributed by atoms with Gasteiger partial charge in [0.25, 0.3) is 0 Å². The first-order valence-corrected chi connectivity index (χ1v) is 4.84. The van der Waals surface area contributed by atoms with Crippen molar-refractivity contribution in [3.05, 3.63) is 35.4 Å². The zero-order valence-electron chi connectivity index (χ0n) is 7.41. The van der Waals surface area contributed by atoms with E-state index >= 15 is 0 Å². The maximum Gasteiger partial charge on any atom is 0.0801 e. The normalized spacial score (nSPS) is 12.8. The van der Waals surface area contributed by atoms with E-state index in [1.54, 1.807) is 0 Å². The Morgan fingerprint density at radius 1 is 1.31 bits per heavy atom. The van der Waals surface area contributed by atoms with Crippen molar-refractivity contribution in [1.29, 1.82) is 0 Å². The fourth-order valence-electron chi connectivity index (χ4n) is 1.15. The molecule has 1 aromatic carbocycles. The number of aliphatic hydroxyl groups is 1. The second-order valence-electron chi connectivity index (χ2n) is 2.94. The summed E-state index contributed by atoms with van der Waals surface area (Å²) in [6.07, 6.45) is 0.133. The van der Waals surface area contributed by atoms with Gasteiger partial charge in [0.05, 0.1) is 6.10 Å². The highest BCUT2D eigenvalue weighted by Gasteiger charge is 2.05. The first kappa shape index (κ1) is 10.5. The highest BCUT2D eigenvalue weighted by atomic mass is 35.5. The summed E-state index contributed by atoms with van der Waals surface area (Å²) in [7, 11) is 0. The molecule has 2 nitrogen and oxygen atoms in total. The molecule has 0 fully saturated rings. The minimum absolute atomic E-state index is 0.454. The van der Waals surface area contributed by atoms with Crippen molar-refractivity contribution in [1.82, 2.24) is 0 Å². The maximum atomic E-state index is 9.57. The summed E-state index contributed by atoms with van der Waals surface area (Å²) in [4.78, 5) is 0. The molecule has 0 bridgehead atoms. The monoisotopic (exact) mass is 199 g/mol. The molecule has 3 heteroatoms. The van der Waals surface area contributed by atoms with Crippen molar-refractivity contribution < 1.29 is 5.11 Å². The molecule has 0 radical (unpaired) electrons. The number of nitrogens with two attached hydrogens (primary N) is 1. The van der Waals surface area contributed by atoms with Gasteiger partial charge in [0, 0.05) is 12.4 Å². The number of benzene rings is 1. The lowest BCUT2D eigenvalue weighted by molar-refractivity contribution is 0.174. The lowest BCUT2D eigenvalue weighted by atomic mass is 10.1. The van der Waals surface area contributed by atoms with Gasteiger partial charge in [-0.3, -0.25) is 0 Å². The number of halogens is 1. The van der Waals surface area contributed by atoms with Crippen molar-refractivity contribution in [2.24, 2.45) is 5.73 Å². The van der Waals surface area contributed by atoms with Crippen molar-refractivity contribution in [3.63, 3.8) is 0 Å². The molecule has 0 heterocycles. The highest BCUT2D eigenvalue weighted by Crippen LogP contribution is 2.17. The predicted octanol–water partition coefficient (Wildman–Crippen LogP) is 1.81. The summed E-state index contributed by atoms with van der Waals surface area (Å²) in [5.74, 6) is 0.472. The molecule has 0 amide bonds. The van der Waals surface area contributed by atoms with Gasteiger partial charge in [0.2, 0.25) is 0 Å². The van der Waals surface area contributed by atoms with Crippen molar-refractivity contribution in [2.75, 3.05) is 5.88 Å². The number of aliphatic hydroxyl groups excluding tert-OH is 1. The van der Waals surface area contributed by atoms with Crippen LogP contribution in [0.15, 0.2) is 24.3 Å². The lowest BCUT2D eigenvalue weighted by Crippen LogP contribution is -2.00. The molecule has 1 unspecified atom stereocenters. The second kappa shape index (κ2) is 5.22. The standard InChI is InChI=1S/C10H14ClNO/c11-6-5-10(13)9-3-1-8(7-12)2-4-9/h1-4,10,13H,5-7,12H2. The summed E-state index contributed by atoms with van der Waals surface area (Å²) in [6.45, 7) is 0.534. The Labute approximate surface area is 83.3 Å². The van der Waals surface area contributed by atoms with E-state index in [4.69, 9.17) is 17.3 Å². The van der Waals surface area contributed by atoms with Crippen LogP contribution < -0.4 is 5.73 Å². The van der Waals surface area contributed by atoms with E-state index in [2.05, 4.69) is 0 Å². The van der Waals surface area contributed by atoms with Gasteiger partial charge in [-0.05, 0) is 17.5 Å². The Bertz CT molecular complexity index is 248. The van der Waals surface area contributed by atoms with E-state index in [0.717, 1.165) is 11.1 Å². The molecular formula is C10H14ClNO. The third-order valence-corrected chi connectivity index (χ3v) is 2.20. The Morgan fingerprint density at radius 3 is 2.38 bits per heavy atom. The maximum absolute atomic E-state index is 9.57. The molecule has 0 spiro atoms. The minimum atomic E-state index is -0.454. The smallest absolute Gasteiger partial charge is 0.0801 e. The fraction of sp³-hybridized carbons (Fsp3) is 0.400. The molecule has 0 aromatic heterocycles. The summed E-state index contributed by atoms with van der Waals surface area (Å²) in [5.41, 5.74) is 7.42. The average molecular weight is 200 g/mol. The molecule has 1 rings (SSSR count). The SMILES string of the molecule is NCc1ccc(C(O)CCCl)cc1. The molecular weight excluding hydrogens is 186 g/mol. The highest BCUT2D eigenvalue weighted by molar-refractivity contribution is 6.17. The van der Waals surface area contributed by atoms with Gasteiger partial charge in [-0.2, -0.15) is 0 Å². The molecule has 13 heavy (non-hydrogen) atoms. The lowest BCUT2D eigenvalue weighted by Gasteiger charge is -2.09. The summed E-state index contributed by atoms with van der Waals surface area (Å²) in [5, 5.41) is 9.57. The Balaban J connectivity index is 2.67. The van der Waals surface area contributed by atoms with Crippen LogP contribution in [-0.4, -0.2) is 11.0 Å². The second-order valence-corrected chi connectivity index (χ2v) is 3.32. The molecule has 0 aliphatic heterocycles. The van der Waals surface area contributed by atoms with Crippen LogP contribution in [0, 0.1) is 0 Å². The van der Waals surface area contributed by atoms with Crippen LogP contribution in [0.4, 0.5) is 0 Å². The summed E-state index contributed by atoms with van der Waals surface area (Å²) in [6, 6.07) is 7.62. The van der Waals surface area contributed by atoms with Crippen LogP contribution in [0.2, 0.25) is 0 Å². The molecule has 0 saturated heterocycles. The Morgan fingerprint density at radius 2 is 1.92 bits per heavy atom. The largest absolute Gasteiger partial charge is 0.388 e. The van der Waals surface area contributed by atoms with E-state index < -0.39 is 6.10 Å². The summed E-state index contributed by atoms with van der Waals surface area (Å²) >= 11 is 5.52. The van der Waals surface area contributed by atoms with E-state index in [-0.39, 0.29) is 0 Å². The topological polar surface area (TPSA) is 46.2 Å². The minimum Gasteiger partial charge on any atom is -0.388 e. The quantitative estimate of drug-likeness (QED) is 0.727. The van der Waals surface area contributed by atoms with E-state index in [9.17, 15) is 5.11 Å². The van der Waals surface area contributed by atoms with Crippen LogP contribution >= 0.6 is 11.6 Å². The van der Waals surface area contributed by atoms with E-state index in [1.807, 2.05) is 24.3 Å². The third kappa shape index (κ3) is 2.99. The van der Waals surface area contributed by atoms with Crippen LogP contribution in [0.5, 0.6) is 0 Å². The van der Waals surface area contributed by atoms with Gasteiger partial charge in [0.1, 0.15) is 0 Å². The number of hydrogen-bond donors (Lipinski definition) is 2. The van der Waals surface area contributed by atoms with Crippen LogP contribution in [-0.2, 0) is 6.54 Å². The van der Waals surface area contributed by atoms with Crippen LogP contribution in [0.25, 0.3) is 0 Å². The Hall–Kier alpha value is -0.570. The van der Waals surface area contributed by atoms with Crippen molar-refractivity contribution in [2.45, 2.75) is 19.1 Å². The van der Waals surface area contributed by atoms with Crippen LogP contribution in [0.3, 0.4) is 0 Å².